The zero-order chi connectivity index (χ0) is 12.8. The SMILES string of the molecule is CCNCc1ccc(CN2CC=CCC2)c(Br)c1. The van der Waals surface area contributed by atoms with Gasteiger partial charge in [0, 0.05) is 30.7 Å². The summed E-state index contributed by atoms with van der Waals surface area (Å²) in [5.41, 5.74) is 2.72. The number of benzene rings is 1. The third-order valence-electron chi connectivity index (χ3n) is 3.23. The highest BCUT2D eigenvalue weighted by Crippen LogP contribution is 2.21. The second-order valence-electron chi connectivity index (χ2n) is 4.70. The molecule has 0 aliphatic carbocycles. The Kier molecular flexibility index (Phi) is 5.42. The monoisotopic (exact) mass is 308 g/mol. The van der Waals surface area contributed by atoms with Gasteiger partial charge in [0.2, 0.25) is 0 Å². The fraction of sp³-hybridized carbons (Fsp3) is 0.467. The first-order chi connectivity index (χ1) is 8.79. The molecule has 0 bridgehead atoms. The molecule has 0 unspecified atom stereocenters. The summed E-state index contributed by atoms with van der Waals surface area (Å²) in [5.74, 6) is 0. The lowest BCUT2D eigenvalue weighted by atomic mass is 10.1. The highest BCUT2D eigenvalue weighted by atomic mass is 79.9. The van der Waals surface area contributed by atoms with E-state index in [9.17, 15) is 0 Å². The molecule has 3 heteroatoms. The van der Waals surface area contributed by atoms with Crippen LogP contribution < -0.4 is 5.32 Å². The van der Waals surface area contributed by atoms with Crippen molar-refractivity contribution in [1.82, 2.24) is 10.2 Å². The average molecular weight is 309 g/mol. The summed E-state index contributed by atoms with van der Waals surface area (Å²) < 4.78 is 1.23. The lowest BCUT2D eigenvalue weighted by Crippen LogP contribution is -2.26. The van der Waals surface area contributed by atoms with Gasteiger partial charge in [-0.1, -0.05) is 47.1 Å². The van der Waals surface area contributed by atoms with Gasteiger partial charge in [0.1, 0.15) is 0 Å². The lowest BCUT2D eigenvalue weighted by molar-refractivity contribution is 0.290. The van der Waals surface area contributed by atoms with Gasteiger partial charge in [-0.3, -0.25) is 4.90 Å². The maximum atomic E-state index is 3.69. The van der Waals surface area contributed by atoms with Crippen molar-refractivity contribution in [1.29, 1.82) is 0 Å². The Hall–Kier alpha value is -0.640. The number of nitrogens with one attached hydrogen (secondary N) is 1. The summed E-state index contributed by atoms with van der Waals surface area (Å²) in [6.45, 7) is 7.37. The van der Waals surface area contributed by atoms with E-state index in [1.807, 2.05) is 0 Å². The normalized spacial score (nSPS) is 16.1. The molecule has 1 aliphatic rings. The molecule has 1 N–H and O–H groups in total. The van der Waals surface area contributed by atoms with Gasteiger partial charge >= 0.3 is 0 Å². The van der Waals surface area contributed by atoms with E-state index in [-0.39, 0.29) is 0 Å². The van der Waals surface area contributed by atoms with Crippen molar-refractivity contribution in [3.05, 3.63) is 46.0 Å². The minimum absolute atomic E-state index is 0.946. The summed E-state index contributed by atoms with van der Waals surface area (Å²) in [4.78, 5) is 2.48. The summed E-state index contributed by atoms with van der Waals surface area (Å²) in [5, 5.41) is 3.35. The molecule has 0 amide bonds. The van der Waals surface area contributed by atoms with E-state index in [0.29, 0.717) is 0 Å². The largest absolute Gasteiger partial charge is 0.313 e. The molecule has 1 aliphatic heterocycles. The van der Waals surface area contributed by atoms with E-state index < -0.39 is 0 Å². The average Bonchev–Trinajstić information content (AvgIpc) is 2.40. The van der Waals surface area contributed by atoms with Crippen LogP contribution in [-0.4, -0.2) is 24.5 Å². The predicted octanol–water partition coefficient (Wildman–Crippen LogP) is 3.32. The second-order valence-corrected chi connectivity index (χ2v) is 5.56. The van der Waals surface area contributed by atoms with Gasteiger partial charge in [-0.25, -0.2) is 0 Å². The van der Waals surface area contributed by atoms with Gasteiger partial charge in [0.05, 0.1) is 0 Å². The minimum Gasteiger partial charge on any atom is -0.313 e. The van der Waals surface area contributed by atoms with E-state index in [2.05, 4.69) is 63.4 Å². The van der Waals surface area contributed by atoms with Gasteiger partial charge in [-0.15, -0.1) is 0 Å². The molecule has 0 spiro atoms. The zero-order valence-corrected chi connectivity index (χ0v) is 12.5. The van der Waals surface area contributed by atoms with Crippen LogP contribution in [0.5, 0.6) is 0 Å². The van der Waals surface area contributed by atoms with Crippen LogP contribution in [0.4, 0.5) is 0 Å². The van der Waals surface area contributed by atoms with Crippen molar-refractivity contribution in [2.24, 2.45) is 0 Å². The minimum atomic E-state index is 0.946. The Morgan fingerprint density at radius 3 is 2.89 bits per heavy atom. The Balaban J connectivity index is 1.98. The van der Waals surface area contributed by atoms with E-state index >= 15 is 0 Å². The van der Waals surface area contributed by atoms with Gasteiger partial charge in [-0.2, -0.15) is 0 Å². The molecule has 0 radical (unpaired) electrons. The molecule has 0 fully saturated rings. The highest BCUT2D eigenvalue weighted by Gasteiger charge is 2.09. The van der Waals surface area contributed by atoms with Crippen molar-refractivity contribution in [2.45, 2.75) is 26.4 Å². The van der Waals surface area contributed by atoms with Gasteiger partial charge in [-0.05, 0) is 30.2 Å². The number of rotatable bonds is 5. The zero-order valence-electron chi connectivity index (χ0n) is 11.0. The smallest absolute Gasteiger partial charge is 0.0248 e. The number of nitrogens with zero attached hydrogens (tertiary/aromatic N) is 1. The van der Waals surface area contributed by atoms with Crippen LogP contribution >= 0.6 is 15.9 Å². The molecular weight excluding hydrogens is 288 g/mol. The molecule has 0 saturated heterocycles. The van der Waals surface area contributed by atoms with Crippen molar-refractivity contribution < 1.29 is 0 Å². The molecule has 2 rings (SSSR count). The molecule has 2 nitrogen and oxygen atoms in total. The maximum absolute atomic E-state index is 3.69. The standard InChI is InChI=1S/C15H21BrN2/c1-2-17-11-13-6-7-14(15(16)10-13)12-18-8-4-3-5-9-18/h3-4,6-7,10,17H,2,5,8-9,11-12H2,1H3. The third kappa shape index (κ3) is 3.94. The molecule has 18 heavy (non-hydrogen) atoms. The summed E-state index contributed by atoms with van der Waals surface area (Å²) in [6.07, 6.45) is 5.71. The van der Waals surface area contributed by atoms with E-state index in [1.54, 1.807) is 0 Å². The summed E-state index contributed by atoms with van der Waals surface area (Å²) in [7, 11) is 0. The Morgan fingerprint density at radius 1 is 1.33 bits per heavy atom. The quantitative estimate of drug-likeness (QED) is 0.840. The van der Waals surface area contributed by atoms with Crippen LogP contribution in [0.25, 0.3) is 0 Å². The Morgan fingerprint density at radius 2 is 2.22 bits per heavy atom. The Bertz CT molecular complexity index is 415. The lowest BCUT2D eigenvalue weighted by Gasteiger charge is -2.23. The van der Waals surface area contributed by atoms with Crippen LogP contribution in [0, 0.1) is 0 Å². The molecule has 0 aromatic heterocycles. The van der Waals surface area contributed by atoms with Crippen molar-refractivity contribution in [3.8, 4) is 0 Å². The van der Waals surface area contributed by atoms with Crippen LogP contribution in [0.2, 0.25) is 0 Å². The molecule has 0 saturated carbocycles. The van der Waals surface area contributed by atoms with Crippen LogP contribution in [0.3, 0.4) is 0 Å². The second kappa shape index (κ2) is 7.07. The fourth-order valence-electron chi connectivity index (χ4n) is 2.17. The molecule has 1 heterocycles. The number of hydrogen-bond donors (Lipinski definition) is 1. The number of hydrogen-bond acceptors (Lipinski definition) is 2. The topological polar surface area (TPSA) is 15.3 Å². The first-order valence-electron chi connectivity index (χ1n) is 6.65. The van der Waals surface area contributed by atoms with E-state index in [1.165, 1.54) is 28.6 Å². The molecule has 1 aromatic carbocycles. The van der Waals surface area contributed by atoms with Gasteiger partial charge in [0.15, 0.2) is 0 Å². The van der Waals surface area contributed by atoms with E-state index in [4.69, 9.17) is 0 Å². The van der Waals surface area contributed by atoms with Crippen molar-refractivity contribution in [2.75, 3.05) is 19.6 Å². The highest BCUT2D eigenvalue weighted by molar-refractivity contribution is 9.10. The van der Waals surface area contributed by atoms with Crippen LogP contribution in [0.1, 0.15) is 24.5 Å². The first-order valence-corrected chi connectivity index (χ1v) is 7.44. The summed E-state index contributed by atoms with van der Waals surface area (Å²) >= 11 is 3.69. The van der Waals surface area contributed by atoms with Gasteiger partial charge < -0.3 is 5.32 Å². The van der Waals surface area contributed by atoms with E-state index in [0.717, 1.165) is 26.2 Å². The molecule has 1 aromatic rings. The Labute approximate surface area is 118 Å². The fourth-order valence-corrected chi connectivity index (χ4v) is 2.72. The molecule has 98 valence electrons. The first kappa shape index (κ1) is 13.8. The third-order valence-corrected chi connectivity index (χ3v) is 3.97. The molecule has 0 atom stereocenters. The number of halogens is 1. The van der Waals surface area contributed by atoms with Gasteiger partial charge in [0.25, 0.3) is 0 Å². The summed E-state index contributed by atoms with van der Waals surface area (Å²) in [6, 6.07) is 6.70. The van der Waals surface area contributed by atoms with Crippen LogP contribution in [0.15, 0.2) is 34.8 Å². The maximum Gasteiger partial charge on any atom is 0.0248 e. The van der Waals surface area contributed by atoms with Crippen LogP contribution in [-0.2, 0) is 13.1 Å². The predicted molar refractivity (Wildman–Crippen MR) is 80.6 cm³/mol. The molecular formula is C15H21BrN2. The van der Waals surface area contributed by atoms with Crippen molar-refractivity contribution in [3.63, 3.8) is 0 Å². The van der Waals surface area contributed by atoms with Crippen molar-refractivity contribution >= 4 is 15.9 Å².